The van der Waals surface area contributed by atoms with Gasteiger partial charge in [0.25, 0.3) is 5.91 Å². The SMILES string of the molecule is C[C@@H]1COCCN1C(=C1NC(Br)=CNC1=O)S(C)(=O)=O. The molecule has 0 radical (unpaired) electrons. The molecule has 0 bridgehead atoms. The molecule has 112 valence electrons. The van der Waals surface area contributed by atoms with Gasteiger partial charge in [-0.05, 0) is 22.9 Å². The Labute approximate surface area is 126 Å². The number of carbonyl (C=O) groups is 1. The van der Waals surface area contributed by atoms with Gasteiger partial charge in [0.15, 0.2) is 14.9 Å². The monoisotopic (exact) mass is 365 g/mol. The zero-order valence-electron chi connectivity index (χ0n) is 11.1. The number of halogens is 1. The zero-order chi connectivity index (χ0) is 14.9. The average molecular weight is 366 g/mol. The van der Waals surface area contributed by atoms with Crippen molar-refractivity contribution in [3.8, 4) is 0 Å². The van der Waals surface area contributed by atoms with Crippen molar-refractivity contribution in [2.75, 3.05) is 26.0 Å². The number of ether oxygens (including phenoxy) is 1. The molecule has 1 amide bonds. The maximum Gasteiger partial charge on any atom is 0.274 e. The fraction of sp³-hybridized carbons (Fsp3) is 0.545. The van der Waals surface area contributed by atoms with Crippen molar-refractivity contribution in [2.24, 2.45) is 0 Å². The standard InChI is InChI=1S/C11H16BrN3O4S/c1-7-6-19-4-3-15(7)11(20(2,17)18)9-10(16)13-5-8(12)14-9/h5,7,14H,3-4,6H2,1-2H3,(H,13,16)/t7-/m1/s1. The average Bonchev–Trinajstić information content (AvgIpc) is 2.35. The number of amides is 1. The van der Waals surface area contributed by atoms with Crippen LogP contribution in [0.25, 0.3) is 0 Å². The molecule has 2 aliphatic rings. The molecule has 2 N–H and O–H groups in total. The second-order valence-electron chi connectivity index (χ2n) is 4.66. The molecular weight excluding hydrogens is 350 g/mol. The third-order valence-electron chi connectivity index (χ3n) is 3.00. The maximum atomic E-state index is 12.1. The van der Waals surface area contributed by atoms with Gasteiger partial charge in [-0.2, -0.15) is 0 Å². The predicted octanol–water partition coefficient (Wildman–Crippen LogP) is -0.166. The van der Waals surface area contributed by atoms with Crippen molar-refractivity contribution in [3.05, 3.63) is 21.5 Å². The van der Waals surface area contributed by atoms with Crippen molar-refractivity contribution in [1.29, 1.82) is 0 Å². The van der Waals surface area contributed by atoms with Gasteiger partial charge in [-0.1, -0.05) is 0 Å². The number of rotatable bonds is 2. The summed E-state index contributed by atoms with van der Waals surface area (Å²) in [4.78, 5) is 13.6. The Balaban J connectivity index is 2.53. The van der Waals surface area contributed by atoms with Gasteiger partial charge >= 0.3 is 0 Å². The van der Waals surface area contributed by atoms with Gasteiger partial charge in [0, 0.05) is 19.0 Å². The summed E-state index contributed by atoms with van der Waals surface area (Å²) >= 11 is 3.19. The van der Waals surface area contributed by atoms with E-state index in [-0.39, 0.29) is 16.8 Å². The molecule has 1 fully saturated rings. The van der Waals surface area contributed by atoms with Crippen LogP contribution in [0.1, 0.15) is 6.92 Å². The van der Waals surface area contributed by atoms with Crippen molar-refractivity contribution in [1.82, 2.24) is 15.5 Å². The van der Waals surface area contributed by atoms with Gasteiger partial charge in [0.2, 0.25) is 0 Å². The minimum Gasteiger partial charge on any atom is -0.377 e. The Morgan fingerprint density at radius 3 is 2.85 bits per heavy atom. The van der Waals surface area contributed by atoms with Crippen LogP contribution in [-0.4, -0.2) is 51.3 Å². The minimum atomic E-state index is -3.57. The van der Waals surface area contributed by atoms with Crippen LogP contribution in [0.15, 0.2) is 21.5 Å². The lowest BCUT2D eigenvalue weighted by Crippen LogP contribution is -2.47. The Morgan fingerprint density at radius 1 is 1.55 bits per heavy atom. The number of nitrogens with one attached hydrogen (secondary N) is 2. The second-order valence-corrected chi connectivity index (χ2v) is 7.45. The molecule has 1 saturated heterocycles. The third kappa shape index (κ3) is 3.15. The van der Waals surface area contributed by atoms with E-state index in [0.29, 0.717) is 24.4 Å². The normalized spacial score (nSPS) is 26.6. The van der Waals surface area contributed by atoms with Crippen molar-refractivity contribution in [3.63, 3.8) is 0 Å². The van der Waals surface area contributed by atoms with Gasteiger partial charge in [0.1, 0.15) is 5.70 Å². The lowest BCUT2D eigenvalue weighted by atomic mass is 10.2. The molecule has 0 aromatic heterocycles. The molecule has 9 heteroatoms. The van der Waals surface area contributed by atoms with E-state index in [1.807, 2.05) is 6.92 Å². The first-order chi connectivity index (χ1) is 9.30. The fourth-order valence-electron chi connectivity index (χ4n) is 2.13. The summed E-state index contributed by atoms with van der Waals surface area (Å²) in [5.41, 5.74) is 0.0237. The Kier molecular flexibility index (Phi) is 4.40. The molecule has 2 rings (SSSR count). The first-order valence-electron chi connectivity index (χ1n) is 6.03. The molecule has 0 spiro atoms. The van der Waals surface area contributed by atoms with Crippen LogP contribution in [0.2, 0.25) is 0 Å². The number of hydrogen-bond acceptors (Lipinski definition) is 6. The highest BCUT2D eigenvalue weighted by Gasteiger charge is 2.33. The van der Waals surface area contributed by atoms with E-state index in [4.69, 9.17) is 4.74 Å². The Bertz CT molecular complexity index is 584. The topological polar surface area (TPSA) is 87.7 Å². The lowest BCUT2D eigenvalue weighted by molar-refractivity contribution is -0.117. The van der Waals surface area contributed by atoms with E-state index >= 15 is 0 Å². The van der Waals surface area contributed by atoms with Crippen molar-refractivity contribution >= 4 is 31.7 Å². The fourth-order valence-corrected chi connectivity index (χ4v) is 3.66. The number of sulfone groups is 1. The molecule has 0 aliphatic carbocycles. The number of morpholine rings is 1. The van der Waals surface area contributed by atoms with Gasteiger partial charge in [-0.25, -0.2) is 8.42 Å². The summed E-state index contributed by atoms with van der Waals surface area (Å²) in [6.07, 6.45) is 2.52. The summed E-state index contributed by atoms with van der Waals surface area (Å²) in [5, 5.41) is 5.27. The quantitative estimate of drug-likeness (QED) is 0.522. The summed E-state index contributed by atoms with van der Waals surface area (Å²) in [6, 6.07) is -0.125. The van der Waals surface area contributed by atoms with Gasteiger partial charge in [-0.3, -0.25) is 4.79 Å². The van der Waals surface area contributed by atoms with E-state index in [1.54, 1.807) is 4.90 Å². The Morgan fingerprint density at radius 2 is 2.25 bits per heavy atom. The molecule has 0 aromatic rings. The van der Waals surface area contributed by atoms with Crippen molar-refractivity contribution in [2.45, 2.75) is 13.0 Å². The molecule has 20 heavy (non-hydrogen) atoms. The molecule has 0 aromatic carbocycles. The largest absolute Gasteiger partial charge is 0.377 e. The van der Waals surface area contributed by atoms with Crippen LogP contribution >= 0.6 is 15.9 Å². The number of nitrogens with zero attached hydrogens (tertiary/aromatic N) is 1. The summed E-state index contributed by atoms with van der Waals surface area (Å²) in [6.45, 7) is 3.13. The van der Waals surface area contributed by atoms with E-state index in [0.717, 1.165) is 6.26 Å². The van der Waals surface area contributed by atoms with Gasteiger partial charge < -0.3 is 20.3 Å². The van der Waals surface area contributed by atoms with Gasteiger partial charge in [-0.15, -0.1) is 0 Å². The van der Waals surface area contributed by atoms with Gasteiger partial charge in [0.05, 0.1) is 23.9 Å². The second kappa shape index (κ2) is 5.74. The van der Waals surface area contributed by atoms with Crippen molar-refractivity contribution < 1.29 is 17.9 Å². The highest BCUT2D eigenvalue weighted by atomic mass is 79.9. The smallest absolute Gasteiger partial charge is 0.274 e. The molecular formula is C11H16BrN3O4S. The van der Waals surface area contributed by atoms with Crippen LogP contribution in [0, 0.1) is 0 Å². The first-order valence-corrected chi connectivity index (χ1v) is 8.71. The van der Waals surface area contributed by atoms with E-state index in [9.17, 15) is 13.2 Å². The highest BCUT2D eigenvalue weighted by Crippen LogP contribution is 2.23. The van der Waals surface area contributed by atoms with Crippen LogP contribution in [0.5, 0.6) is 0 Å². The van der Waals surface area contributed by atoms with Crippen LogP contribution < -0.4 is 10.6 Å². The lowest BCUT2D eigenvalue weighted by Gasteiger charge is -2.37. The zero-order valence-corrected chi connectivity index (χ0v) is 13.5. The molecule has 1 atom stereocenters. The van der Waals surface area contributed by atoms with E-state index in [2.05, 4.69) is 26.6 Å². The first kappa shape index (κ1) is 15.3. The predicted molar refractivity (Wildman–Crippen MR) is 77.1 cm³/mol. The minimum absolute atomic E-state index is 0.00384. The van der Waals surface area contributed by atoms with E-state index in [1.165, 1.54) is 6.20 Å². The third-order valence-corrected chi connectivity index (χ3v) is 4.56. The summed E-state index contributed by atoms with van der Waals surface area (Å²) in [5.74, 6) is -0.479. The molecule has 0 saturated carbocycles. The van der Waals surface area contributed by atoms with E-state index < -0.39 is 15.7 Å². The molecule has 0 unspecified atom stereocenters. The summed E-state index contributed by atoms with van der Waals surface area (Å²) in [7, 11) is -3.57. The van der Waals surface area contributed by atoms with Crippen LogP contribution in [0.4, 0.5) is 0 Å². The molecule has 7 nitrogen and oxygen atoms in total. The maximum absolute atomic E-state index is 12.1. The molecule has 2 heterocycles. The van der Waals surface area contributed by atoms with Crippen LogP contribution in [-0.2, 0) is 19.4 Å². The molecule has 2 aliphatic heterocycles. The summed E-state index contributed by atoms with van der Waals surface area (Å²) < 4.78 is 30.1. The Hall–Kier alpha value is -1.06. The number of carbonyl (C=O) groups excluding carboxylic acids is 1. The van der Waals surface area contributed by atoms with Crippen LogP contribution in [0.3, 0.4) is 0 Å². The number of hydrogen-bond donors (Lipinski definition) is 2. The highest BCUT2D eigenvalue weighted by molar-refractivity contribution is 9.11.